The Balaban J connectivity index is 2.62. The first-order valence-electron chi connectivity index (χ1n) is 7.05. The highest BCUT2D eigenvalue weighted by Gasteiger charge is 2.25. The van der Waals surface area contributed by atoms with Gasteiger partial charge < -0.3 is 13.9 Å². The van der Waals surface area contributed by atoms with Crippen LogP contribution < -0.4 is 0 Å². The number of likely N-dealkylation sites (tertiary alicyclic amines) is 1. The van der Waals surface area contributed by atoms with E-state index in [9.17, 15) is 13.8 Å². The monoisotopic (exact) mass is 307 g/mol. The molecule has 0 aromatic heterocycles. The Morgan fingerprint density at radius 2 is 1.75 bits per heavy atom. The molecule has 1 aliphatic heterocycles. The first kappa shape index (κ1) is 17.3. The number of allylic oxidation sites excluding steroid dienone is 1. The first-order valence-corrected chi connectivity index (χ1v) is 8.78. The summed E-state index contributed by atoms with van der Waals surface area (Å²) in [6.45, 7) is 4.96. The summed E-state index contributed by atoms with van der Waals surface area (Å²) in [5, 5.41) is 0. The SMILES string of the molecule is CCOP(=O)(C/C=C(\F)C(=O)N1CCCCC1)OCC. The van der Waals surface area contributed by atoms with Crippen molar-refractivity contribution in [3.8, 4) is 0 Å². The summed E-state index contributed by atoms with van der Waals surface area (Å²) in [7, 11) is -3.34. The van der Waals surface area contributed by atoms with Crippen molar-refractivity contribution in [3.05, 3.63) is 11.9 Å². The average molecular weight is 307 g/mol. The zero-order valence-electron chi connectivity index (χ0n) is 12.1. The highest BCUT2D eigenvalue weighted by atomic mass is 31.2. The van der Waals surface area contributed by atoms with E-state index in [1.54, 1.807) is 13.8 Å². The second-order valence-electron chi connectivity index (χ2n) is 4.53. The van der Waals surface area contributed by atoms with E-state index >= 15 is 0 Å². The van der Waals surface area contributed by atoms with Gasteiger partial charge in [0.2, 0.25) is 0 Å². The molecule has 20 heavy (non-hydrogen) atoms. The highest BCUT2D eigenvalue weighted by molar-refractivity contribution is 7.54. The Morgan fingerprint density at radius 1 is 1.20 bits per heavy atom. The lowest BCUT2D eigenvalue weighted by Gasteiger charge is -2.26. The van der Waals surface area contributed by atoms with Gasteiger partial charge in [-0.3, -0.25) is 9.36 Å². The molecule has 0 unspecified atom stereocenters. The highest BCUT2D eigenvalue weighted by Crippen LogP contribution is 2.48. The molecule has 0 aromatic rings. The molecule has 1 aliphatic rings. The fourth-order valence-electron chi connectivity index (χ4n) is 2.06. The molecule has 7 heteroatoms. The van der Waals surface area contributed by atoms with E-state index in [2.05, 4.69) is 0 Å². The topological polar surface area (TPSA) is 55.8 Å². The molecule has 0 bridgehead atoms. The third-order valence-corrected chi connectivity index (χ3v) is 4.93. The number of nitrogens with zero attached hydrogens (tertiary/aromatic N) is 1. The minimum atomic E-state index is -3.34. The van der Waals surface area contributed by atoms with Gasteiger partial charge >= 0.3 is 7.60 Å². The average Bonchev–Trinajstić information content (AvgIpc) is 2.45. The Bertz CT molecular complexity index is 384. The van der Waals surface area contributed by atoms with Gasteiger partial charge in [-0.05, 0) is 39.2 Å². The Hall–Kier alpha value is -0.710. The third kappa shape index (κ3) is 5.35. The normalized spacial score (nSPS) is 17.4. The van der Waals surface area contributed by atoms with Crippen molar-refractivity contribution in [2.75, 3.05) is 32.5 Å². The Labute approximate surface area is 119 Å². The quantitative estimate of drug-likeness (QED) is 0.535. The van der Waals surface area contributed by atoms with Crippen molar-refractivity contribution < 1.29 is 22.8 Å². The van der Waals surface area contributed by atoms with Crippen LogP contribution in [0.15, 0.2) is 11.9 Å². The lowest BCUT2D eigenvalue weighted by atomic mass is 10.1. The van der Waals surface area contributed by atoms with Crippen molar-refractivity contribution in [2.24, 2.45) is 0 Å². The molecule has 0 aromatic carbocycles. The Morgan fingerprint density at radius 3 is 2.25 bits per heavy atom. The van der Waals surface area contributed by atoms with E-state index < -0.39 is 19.3 Å². The predicted octanol–water partition coefficient (Wildman–Crippen LogP) is 3.12. The molecule has 0 N–H and O–H groups in total. The minimum absolute atomic E-state index is 0.215. The largest absolute Gasteiger partial charge is 0.337 e. The van der Waals surface area contributed by atoms with Crippen LogP contribution in [-0.2, 0) is 18.4 Å². The fourth-order valence-corrected chi connectivity index (χ4v) is 3.52. The van der Waals surface area contributed by atoms with Crippen LogP contribution in [0, 0.1) is 0 Å². The summed E-state index contributed by atoms with van der Waals surface area (Å²) in [6.07, 6.45) is 3.66. The molecule has 0 spiro atoms. The first-order chi connectivity index (χ1) is 9.52. The molecule has 0 radical (unpaired) electrons. The second kappa shape index (κ2) is 8.55. The van der Waals surface area contributed by atoms with Crippen LogP contribution in [0.25, 0.3) is 0 Å². The molecule has 1 rings (SSSR count). The molecule has 116 valence electrons. The molecule has 1 heterocycles. The molecule has 1 amide bonds. The van der Waals surface area contributed by atoms with Crippen molar-refractivity contribution >= 4 is 13.5 Å². The predicted molar refractivity (Wildman–Crippen MR) is 75.3 cm³/mol. The number of hydrogen-bond acceptors (Lipinski definition) is 4. The standard InChI is InChI=1S/C13H23FNO4P/c1-3-18-20(17,19-4-2)11-8-12(14)13(16)15-9-6-5-7-10-15/h8H,3-7,9-11H2,1-2H3/b12-8-. The molecular formula is C13H23FNO4P. The van der Waals surface area contributed by atoms with Gasteiger partial charge in [-0.2, -0.15) is 0 Å². The van der Waals surface area contributed by atoms with Gasteiger partial charge in [0, 0.05) is 13.1 Å². The lowest BCUT2D eigenvalue weighted by molar-refractivity contribution is -0.129. The number of rotatable bonds is 7. The molecule has 5 nitrogen and oxygen atoms in total. The number of amides is 1. The van der Waals surface area contributed by atoms with E-state index in [0.717, 1.165) is 25.3 Å². The number of hydrogen-bond donors (Lipinski definition) is 0. The maximum Gasteiger partial charge on any atom is 0.334 e. The number of piperidine rings is 1. The zero-order chi connectivity index (χ0) is 15.0. The maximum atomic E-state index is 13.8. The lowest BCUT2D eigenvalue weighted by Crippen LogP contribution is -2.35. The molecule has 1 saturated heterocycles. The third-order valence-electron chi connectivity index (χ3n) is 2.99. The van der Waals surface area contributed by atoms with Crippen molar-refractivity contribution in [3.63, 3.8) is 0 Å². The molecular weight excluding hydrogens is 284 g/mol. The molecule has 0 atom stereocenters. The summed E-state index contributed by atoms with van der Waals surface area (Å²) in [6, 6.07) is 0. The Kier molecular flexibility index (Phi) is 7.41. The van der Waals surface area contributed by atoms with Crippen LogP contribution in [-0.4, -0.2) is 43.3 Å². The van der Waals surface area contributed by atoms with Gasteiger partial charge in [0.15, 0.2) is 5.83 Å². The maximum absolute atomic E-state index is 13.8. The van der Waals surface area contributed by atoms with Crippen LogP contribution in [0.2, 0.25) is 0 Å². The van der Waals surface area contributed by atoms with E-state index in [0.29, 0.717) is 13.1 Å². The van der Waals surface area contributed by atoms with Gasteiger partial charge in [-0.1, -0.05) is 0 Å². The van der Waals surface area contributed by atoms with Crippen LogP contribution in [0.4, 0.5) is 4.39 Å². The van der Waals surface area contributed by atoms with Crippen LogP contribution >= 0.6 is 7.60 Å². The summed E-state index contributed by atoms with van der Waals surface area (Å²) in [5.74, 6) is -1.52. The van der Waals surface area contributed by atoms with Crippen molar-refractivity contribution in [1.29, 1.82) is 0 Å². The summed E-state index contributed by atoms with van der Waals surface area (Å²) in [4.78, 5) is 13.3. The second-order valence-corrected chi connectivity index (χ2v) is 6.64. The zero-order valence-corrected chi connectivity index (χ0v) is 13.0. The fraction of sp³-hybridized carbons (Fsp3) is 0.769. The van der Waals surface area contributed by atoms with E-state index in [4.69, 9.17) is 9.05 Å². The van der Waals surface area contributed by atoms with Crippen molar-refractivity contribution in [2.45, 2.75) is 33.1 Å². The van der Waals surface area contributed by atoms with Crippen molar-refractivity contribution in [1.82, 2.24) is 4.90 Å². The number of carbonyl (C=O) groups is 1. The van der Waals surface area contributed by atoms with Crippen LogP contribution in [0.3, 0.4) is 0 Å². The van der Waals surface area contributed by atoms with Gasteiger partial charge in [0.1, 0.15) is 0 Å². The molecule has 0 aliphatic carbocycles. The summed E-state index contributed by atoms with van der Waals surface area (Å²) < 4.78 is 36.1. The minimum Gasteiger partial charge on any atom is -0.337 e. The van der Waals surface area contributed by atoms with E-state index in [1.807, 2.05) is 0 Å². The van der Waals surface area contributed by atoms with Gasteiger partial charge in [-0.15, -0.1) is 0 Å². The summed E-state index contributed by atoms with van der Waals surface area (Å²) >= 11 is 0. The van der Waals surface area contributed by atoms with Gasteiger partial charge in [0.05, 0.1) is 19.4 Å². The molecule has 1 fully saturated rings. The number of carbonyl (C=O) groups excluding carboxylic acids is 1. The van der Waals surface area contributed by atoms with Crippen LogP contribution in [0.5, 0.6) is 0 Å². The smallest absolute Gasteiger partial charge is 0.334 e. The van der Waals surface area contributed by atoms with Gasteiger partial charge in [0.25, 0.3) is 5.91 Å². The summed E-state index contributed by atoms with van der Waals surface area (Å²) in [5.41, 5.74) is 0. The number of halogens is 1. The molecule has 0 saturated carbocycles. The van der Waals surface area contributed by atoms with Crippen LogP contribution in [0.1, 0.15) is 33.1 Å². The van der Waals surface area contributed by atoms with E-state index in [-0.39, 0.29) is 19.4 Å². The van der Waals surface area contributed by atoms with Gasteiger partial charge in [-0.25, -0.2) is 4.39 Å². The van der Waals surface area contributed by atoms with E-state index in [1.165, 1.54) is 4.90 Å².